The Balaban J connectivity index is 1.84. The van der Waals surface area contributed by atoms with Gasteiger partial charge in [-0.3, -0.25) is 9.59 Å². The van der Waals surface area contributed by atoms with Crippen LogP contribution in [0.2, 0.25) is 0 Å². The lowest BCUT2D eigenvalue weighted by atomic mass is 10.0. The highest BCUT2D eigenvalue weighted by Gasteiger charge is 2.49. The molecule has 1 aliphatic heterocycles. The minimum absolute atomic E-state index is 0.192. The van der Waals surface area contributed by atoms with Crippen molar-refractivity contribution < 1.29 is 22.7 Å². The molecule has 1 fully saturated rings. The van der Waals surface area contributed by atoms with Gasteiger partial charge in [0.05, 0.1) is 23.6 Å². The molecule has 0 saturated carbocycles. The Morgan fingerprint density at radius 1 is 0.947 bits per heavy atom. The highest BCUT2D eigenvalue weighted by molar-refractivity contribution is 7.89. The molecule has 3 aromatic carbocycles. The molecule has 8 heteroatoms. The smallest absolute Gasteiger partial charge is 0.252 e. The van der Waals surface area contributed by atoms with Crippen LogP contribution in [-0.2, 0) is 19.6 Å². The standard InChI is InChI=1S/C30H34N2O5S/c1-7-37-26-15-13-25(14-16-26)31-28(33)18-27(30(31)34)32(23(6)24-11-9-8-10-12-24)38(35,36)29-21(4)19(2)17-20(3)22(29)5/h8-17,23,27H,7,18H2,1-6H3. The number of hydrogen-bond acceptors (Lipinski definition) is 5. The Hall–Kier alpha value is -3.49. The van der Waals surface area contributed by atoms with Crippen molar-refractivity contribution in [2.75, 3.05) is 11.5 Å². The van der Waals surface area contributed by atoms with Crippen molar-refractivity contribution in [3.8, 4) is 5.75 Å². The van der Waals surface area contributed by atoms with E-state index in [1.165, 1.54) is 4.31 Å². The highest BCUT2D eigenvalue weighted by Crippen LogP contribution is 2.38. The topological polar surface area (TPSA) is 84.0 Å². The van der Waals surface area contributed by atoms with Gasteiger partial charge in [0, 0.05) is 6.04 Å². The minimum Gasteiger partial charge on any atom is -0.494 e. The summed E-state index contributed by atoms with van der Waals surface area (Å²) in [6, 6.07) is 15.9. The molecule has 4 rings (SSSR count). The number of aryl methyl sites for hydroxylation is 2. The lowest BCUT2D eigenvalue weighted by molar-refractivity contribution is -0.122. The maximum absolute atomic E-state index is 14.5. The van der Waals surface area contributed by atoms with Crippen LogP contribution in [0.3, 0.4) is 0 Å². The van der Waals surface area contributed by atoms with Crippen LogP contribution in [0.4, 0.5) is 5.69 Å². The molecule has 38 heavy (non-hydrogen) atoms. The zero-order chi connectivity index (χ0) is 27.8. The van der Waals surface area contributed by atoms with Gasteiger partial charge in [-0.05, 0) is 93.6 Å². The van der Waals surface area contributed by atoms with Gasteiger partial charge in [0.2, 0.25) is 15.9 Å². The first kappa shape index (κ1) is 27.5. The van der Waals surface area contributed by atoms with Crippen LogP contribution in [0.5, 0.6) is 5.75 Å². The van der Waals surface area contributed by atoms with Gasteiger partial charge in [0.15, 0.2) is 0 Å². The number of benzene rings is 3. The Morgan fingerprint density at radius 2 is 1.53 bits per heavy atom. The average Bonchev–Trinajstić information content (AvgIpc) is 3.17. The molecule has 2 atom stereocenters. The third kappa shape index (κ3) is 4.86. The lowest BCUT2D eigenvalue weighted by Gasteiger charge is -2.34. The van der Waals surface area contributed by atoms with Crippen molar-refractivity contribution in [2.45, 2.75) is 64.9 Å². The summed E-state index contributed by atoms with van der Waals surface area (Å²) in [5, 5.41) is 0. The number of nitrogens with zero attached hydrogens (tertiary/aromatic N) is 2. The van der Waals surface area contributed by atoms with Crippen LogP contribution in [0, 0.1) is 27.7 Å². The van der Waals surface area contributed by atoms with Gasteiger partial charge in [0.1, 0.15) is 11.8 Å². The molecular weight excluding hydrogens is 500 g/mol. The molecule has 7 nitrogen and oxygen atoms in total. The van der Waals surface area contributed by atoms with Crippen molar-refractivity contribution in [3.05, 3.63) is 88.5 Å². The number of anilines is 1. The molecule has 2 unspecified atom stereocenters. The average molecular weight is 535 g/mol. The molecule has 0 aromatic heterocycles. The summed E-state index contributed by atoms with van der Waals surface area (Å²) >= 11 is 0. The van der Waals surface area contributed by atoms with Gasteiger partial charge in [-0.25, -0.2) is 13.3 Å². The largest absolute Gasteiger partial charge is 0.494 e. The quantitative estimate of drug-likeness (QED) is 0.361. The number of carbonyl (C=O) groups excluding carboxylic acids is 2. The molecule has 3 aromatic rings. The molecule has 0 radical (unpaired) electrons. The van der Waals surface area contributed by atoms with E-state index in [0.717, 1.165) is 21.6 Å². The van der Waals surface area contributed by atoms with Gasteiger partial charge in [-0.2, -0.15) is 4.31 Å². The molecule has 1 aliphatic rings. The van der Waals surface area contributed by atoms with Gasteiger partial charge < -0.3 is 4.74 Å². The monoisotopic (exact) mass is 534 g/mol. The van der Waals surface area contributed by atoms with Crippen LogP contribution in [0.1, 0.15) is 54.1 Å². The summed E-state index contributed by atoms with van der Waals surface area (Å²) in [6.45, 7) is 11.4. The SMILES string of the molecule is CCOc1ccc(N2C(=O)CC(N(C(C)c3ccccc3)S(=O)(=O)c3c(C)c(C)cc(C)c3C)C2=O)cc1. The number of ether oxygens (including phenoxy) is 1. The molecule has 0 aliphatic carbocycles. The molecular formula is C30H34N2O5S. The third-order valence-electron chi connectivity index (χ3n) is 7.33. The van der Waals surface area contributed by atoms with E-state index in [9.17, 15) is 18.0 Å². The third-order valence-corrected chi connectivity index (χ3v) is 9.59. The fraction of sp³-hybridized carbons (Fsp3) is 0.333. The maximum atomic E-state index is 14.5. The van der Waals surface area contributed by atoms with Crippen LogP contribution in [0.15, 0.2) is 65.6 Å². The first-order valence-electron chi connectivity index (χ1n) is 12.7. The molecule has 1 saturated heterocycles. The van der Waals surface area contributed by atoms with E-state index in [2.05, 4.69) is 0 Å². The predicted molar refractivity (Wildman–Crippen MR) is 148 cm³/mol. The van der Waals surface area contributed by atoms with Gasteiger partial charge >= 0.3 is 0 Å². The number of hydrogen-bond donors (Lipinski definition) is 0. The summed E-state index contributed by atoms with van der Waals surface area (Å²) < 4.78 is 35.8. The summed E-state index contributed by atoms with van der Waals surface area (Å²) in [5.74, 6) is -0.391. The van der Waals surface area contributed by atoms with E-state index in [1.807, 2.05) is 57.2 Å². The van der Waals surface area contributed by atoms with E-state index in [1.54, 1.807) is 45.0 Å². The second-order valence-corrected chi connectivity index (χ2v) is 11.5. The van der Waals surface area contributed by atoms with Crippen LogP contribution >= 0.6 is 0 Å². The van der Waals surface area contributed by atoms with Gasteiger partial charge in [-0.1, -0.05) is 36.4 Å². The number of rotatable bonds is 8. The van der Waals surface area contributed by atoms with E-state index in [0.29, 0.717) is 29.2 Å². The van der Waals surface area contributed by atoms with Crippen LogP contribution in [-0.4, -0.2) is 37.2 Å². The summed E-state index contributed by atoms with van der Waals surface area (Å²) in [4.78, 5) is 28.4. The zero-order valence-electron chi connectivity index (χ0n) is 22.7. The minimum atomic E-state index is -4.20. The number of imide groups is 1. The van der Waals surface area contributed by atoms with Crippen LogP contribution in [0.25, 0.3) is 0 Å². The van der Waals surface area contributed by atoms with E-state index >= 15 is 0 Å². The van der Waals surface area contributed by atoms with E-state index in [4.69, 9.17) is 4.74 Å². The summed E-state index contributed by atoms with van der Waals surface area (Å²) in [5.41, 5.74) is 4.09. The molecule has 200 valence electrons. The summed E-state index contributed by atoms with van der Waals surface area (Å²) in [6.07, 6.45) is -0.245. The molecule has 0 bridgehead atoms. The van der Waals surface area contributed by atoms with E-state index in [-0.39, 0.29) is 11.3 Å². The zero-order valence-corrected chi connectivity index (χ0v) is 23.5. The van der Waals surface area contributed by atoms with Gasteiger partial charge in [-0.15, -0.1) is 0 Å². The fourth-order valence-corrected chi connectivity index (χ4v) is 7.49. The van der Waals surface area contributed by atoms with Crippen molar-refractivity contribution in [2.24, 2.45) is 0 Å². The second kappa shape index (κ2) is 10.7. The van der Waals surface area contributed by atoms with Crippen molar-refractivity contribution in [1.29, 1.82) is 0 Å². The first-order valence-corrected chi connectivity index (χ1v) is 14.2. The Morgan fingerprint density at radius 3 is 2.08 bits per heavy atom. The molecule has 0 spiro atoms. The molecule has 2 amide bonds. The highest BCUT2D eigenvalue weighted by atomic mass is 32.2. The fourth-order valence-electron chi connectivity index (χ4n) is 5.14. The number of carbonyl (C=O) groups is 2. The Kier molecular flexibility index (Phi) is 7.76. The Bertz CT molecular complexity index is 1440. The van der Waals surface area contributed by atoms with Gasteiger partial charge in [0.25, 0.3) is 5.91 Å². The number of amides is 2. The van der Waals surface area contributed by atoms with Crippen LogP contribution < -0.4 is 9.64 Å². The van der Waals surface area contributed by atoms with E-state index < -0.39 is 33.9 Å². The van der Waals surface area contributed by atoms with Crippen molar-refractivity contribution >= 4 is 27.5 Å². The predicted octanol–water partition coefficient (Wildman–Crippen LogP) is 5.40. The van der Waals surface area contributed by atoms with Crippen molar-refractivity contribution in [1.82, 2.24) is 4.31 Å². The second-order valence-electron chi connectivity index (χ2n) is 9.73. The first-order chi connectivity index (χ1) is 18.0. The molecule has 1 heterocycles. The summed E-state index contributed by atoms with van der Waals surface area (Å²) in [7, 11) is -4.20. The van der Waals surface area contributed by atoms with Crippen molar-refractivity contribution in [3.63, 3.8) is 0 Å². The number of sulfonamides is 1. The molecule has 0 N–H and O–H groups in total. The lowest BCUT2D eigenvalue weighted by Crippen LogP contribution is -2.47. The maximum Gasteiger partial charge on any atom is 0.252 e. The normalized spacial score (nSPS) is 16.8. The Labute approximate surface area is 225 Å².